The van der Waals surface area contributed by atoms with Gasteiger partial charge in [0, 0.05) is 6.92 Å². The van der Waals surface area contributed by atoms with Crippen LogP contribution in [0.15, 0.2) is 21.4 Å². The summed E-state index contributed by atoms with van der Waals surface area (Å²) in [5.41, 5.74) is -0.853. The predicted octanol–water partition coefficient (Wildman–Crippen LogP) is 1.32. The first-order valence-corrected chi connectivity index (χ1v) is 7.05. The molecule has 0 aliphatic carbocycles. The maximum atomic E-state index is 13.6. The molecule has 1 aromatic carbocycles. The van der Waals surface area contributed by atoms with Crippen molar-refractivity contribution in [3.05, 3.63) is 35.0 Å². The molecule has 0 unspecified atom stereocenters. The third-order valence-electron chi connectivity index (χ3n) is 2.52. The average Bonchev–Trinajstić information content (AvgIpc) is 2.76. The number of anilines is 1. The van der Waals surface area contributed by atoms with Crippen LogP contribution in [0.4, 0.5) is 10.4 Å². The lowest BCUT2D eigenvalue weighted by Gasteiger charge is -2.08. The SMILES string of the molecule is Cc1nnc(NS(=O)(=O)c2cc(C)c(F)c(C(=O)O)c2)o1. The van der Waals surface area contributed by atoms with Crippen molar-refractivity contribution in [2.45, 2.75) is 18.7 Å². The van der Waals surface area contributed by atoms with Gasteiger partial charge in [0.05, 0.1) is 10.5 Å². The van der Waals surface area contributed by atoms with E-state index in [2.05, 4.69) is 10.2 Å². The number of hydrogen-bond donors (Lipinski definition) is 2. The number of aryl methyl sites for hydroxylation is 2. The summed E-state index contributed by atoms with van der Waals surface area (Å²) in [4.78, 5) is 10.5. The molecular formula is C11H10FN3O5S. The van der Waals surface area contributed by atoms with E-state index in [0.717, 1.165) is 12.1 Å². The van der Waals surface area contributed by atoms with Gasteiger partial charge in [-0.25, -0.2) is 22.3 Å². The molecule has 2 rings (SSSR count). The number of halogens is 1. The summed E-state index contributed by atoms with van der Waals surface area (Å²) in [5, 5.41) is 15.8. The zero-order chi connectivity index (χ0) is 15.8. The monoisotopic (exact) mass is 315 g/mol. The Hall–Kier alpha value is -2.49. The van der Waals surface area contributed by atoms with E-state index in [9.17, 15) is 17.6 Å². The third kappa shape index (κ3) is 2.99. The number of carboxylic acid groups (broad SMARTS) is 1. The number of rotatable bonds is 4. The topological polar surface area (TPSA) is 122 Å². The van der Waals surface area contributed by atoms with Crippen LogP contribution in [0, 0.1) is 19.7 Å². The molecule has 1 heterocycles. The second-order valence-corrected chi connectivity index (χ2v) is 5.82. The molecule has 0 amide bonds. The van der Waals surface area contributed by atoms with Crippen molar-refractivity contribution in [2.75, 3.05) is 4.72 Å². The molecule has 2 N–H and O–H groups in total. The number of aromatic carboxylic acids is 1. The number of nitrogens with zero attached hydrogens (tertiary/aromatic N) is 2. The minimum Gasteiger partial charge on any atom is -0.478 e. The lowest BCUT2D eigenvalue weighted by molar-refractivity contribution is 0.0691. The Bertz CT molecular complexity index is 815. The fraction of sp³-hybridized carbons (Fsp3) is 0.182. The van der Waals surface area contributed by atoms with Gasteiger partial charge >= 0.3 is 12.0 Å². The molecule has 0 saturated carbocycles. The highest BCUT2D eigenvalue weighted by molar-refractivity contribution is 7.92. The molecule has 0 radical (unpaired) electrons. The van der Waals surface area contributed by atoms with Crippen LogP contribution >= 0.6 is 0 Å². The summed E-state index contributed by atoms with van der Waals surface area (Å²) < 4.78 is 44.7. The van der Waals surface area contributed by atoms with Crippen LogP contribution in [0.5, 0.6) is 0 Å². The first-order chi connectivity index (χ1) is 9.70. The van der Waals surface area contributed by atoms with E-state index in [1.54, 1.807) is 0 Å². The van der Waals surface area contributed by atoms with Gasteiger partial charge in [-0.05, 0) is 24.6 Å². The Balaban J connectivity index is 2.47. The van der Waals surface area contributed by atoms with Crippen molar-refractivity contribution in [1.29, 1.82) is 0 Å². The van der Waals surface area contributed by atoms with Crippen molar-refractivity contribution in [3.63, 3.8) is 0 Å². The van der Waals surface area contributed by atoms with Crippen molar-refractivity contribution in [2.24, 2.45) is 0 Å². The molecule has 0 aliphatic rings. The summed E-state index contributed by atoms with van der Waals surface area (Å²) in [7, 11) is -4.17. The van der Waals surface area contributed by atoms with E-state index in [4.69, 9.17) is 9.52 Å². The molecule has 21 heavy (non-hydrogen) atoms. The maximum Gasteiger partial charge on any atom is 0.338 e. The van der Waals surface area contributed by atoms with E-state index in [-0.39, 0.29) is 17.5 Å². The van der Waals surface area contributed by atoms with Gasteiger partial charge in [-0.3, -0.25) is 0 Å². The van der Waals surface area contributed by atoms with Crippen LogP contribution in [0.3, 0.4) is 0 Å². The second-order valence-electron chi connectivity index (χ2n) is 4.14. The Kier molecular flexibility index (Phi) is 3.64. The van der Waals surface area contributed by atoms with Crippen molar-refractivity contribution < 1.29 is 27.1 Å². The first-order valence-electron chi connectivity index (χ1n) is 5.57. The highest BCUT2D eigenvalue weighted by Crippen LogP contribution is 2.21. The Labute approximate surface area is 118 Å². The summed E-state index contributed by atoms with van der Waals surface area (Å²) >= 11 is 0. The first kappa shape index (κ1) is 14.9. The normalized spacial score (nSPS) is 11.4. The van der Waals surface area contributed by atoms with Gasteiger partial charge in [-0.1, -0.05) is 5.10 Å². The highest BCUT2D eigenvalue weighted by Gasteiger charge is 2.22. The van der Waals surface area contributed by atoms with Gasteiger partial charge < -0.3 is 9.52 Å². The second kappa shape index (κ2) is 5.13. The summed E-state index contributed by atoms with van der Waals surface area (Å²) in [5.74, 6) is -2.41. The molecule has 1 aromatic heterocycles. The zero-order valence-corrected chi connectivity index (χ0v) is 11.7. The van der Waals surface area contributed by atoms with E-state index >= 15 is 0 Å². The minimum absolute atomic E-state index is 0.114. The molecular weight excluding hydrogens is 305 g/mol. The lowest BCUT2D eigenvalue weighted by atomic mass is 10.1. The van der Waals surface area contributed by atoms with Crippen molar-refractivity contribution in [3.8, 4) is 0 Å². The van der Waals surface area contributed by atoms with E-state index in [1.165, 1.54) is 13.8 Å². The molecule has 0 fully saturated rings. The maximum absolute atomic E-state index is 13.6. The Morgan fingerprint density at radius 1 is 1.33 bits per heavy atom. The number of carbonyl (C=O) groups is 1. The van der Waals surface area contributed by atoms with Crippen LogP contribution in [0.2, 0.25) is 0 Å². The predicted molar refractivity (Wildman–Crippen MR) is 67.9 cm³/mol. The van der Waals surface area contributed by atoms with Gasteiger partial charge in [0.1, 0.15) is 5.82 Å². The number of aromatic nitrogens is 2. The van der Waals surface area contributed by atoms with Gasteiger partial charge in [0.2, 0.25) is 5.89 Å². The number of hydrogen-bond acceptors (Lipinski definition) is 6. The van der Waals surface area contributed by atoms with Crippen molar-refractivity contribution in [1.82, 2.24) is 10.2 Å². The summed E-state index contributed by atoms with van der Waals surface area (Å²) in [6.07, 6.45) is 0. The standard InChI is InChI=1S/C11H10FN3O5S/c1-5-3-7(4-8(9(5)12)10(16)17)21(18,19)15-11-14-13-6(2)20-11/h3-4H,1-2H3,(H,14,15)(H,16,17). The molecule has 112 valence electrons. The van der Waals surface area contributed by atoms with Gasteiger partial charge in [0.25, 0.3) is 10.0 Å². The van der Waals surface area contributed by atoms with Crippen LogP contribution in [-0.2, 0) is 10.0 Å². The molecule has 0 atom stereocenters. The van der Waals surface area contributed by atoms with E-state index in [1.807, 2.05) is 4.72 Å². The fourth-order valence-electron chi connectivity index (χ4n) is 1.56. The smallest absolute Gasteiger partial charge is 0.338 e. The molecule has 0 saturated heterocycles. The minimum atomic E-state index is -4.17. The molecule has 0 bridgehead atoms. The van der Waals surface area contributed by atoms with Crippen LogP contribution in [-0.4, -0.2) is 29.7 Å². The number of benzene rings is 1. The van der Waals surface area contributed by atoms with Crippen LogP contribution in [0.1, 0.15) is 21.8 Å². The van der Waals surface area contributed by atoms with Gasteiger partial charge in [-0.2, -0.15) is 0 Å². The fourth-order valence-corrected chi connectivity index (χ4v) is 2.59. The zero-order valence-electron chi connectivity index (χ0n) is 10.9. The van der Waals surface area contributed by atoms with Gasteiger partial charge in [0.15, 0.2) is 0 Å². The largest absolute Gasteiger partial charge is 0.478 e. The third-order valence-corrected chi connectivity index (χ3v) is 3.82. The molecule has 10 heteroatoms. The molecule has 0 spiro atoms. The summed E-state index contributed by atoms with van der Waals surface area (Å²) in [6.45, 7) is 2.73. The Morgan fingerprint density at radius 3 is 2.52 bits per heavy atom. The lowest BCUT2D eigenvalue weighted by Crippen LogP contribution is -2.15. The molecule has 0 aliphatic heterocycles. The van der Waals surface area contributed by atoms with Crippen LogP contribution < -0.4 is 4.72 Å². The van der Waals surface area contributed by atoms with E-state index in [0.29, 0.717) is 0 Å². The summed E-state index contributed by atoms with van der Waals surface area (Å²) in [6, 6.07) is 1.36. The number of carboxylic acids is 1. The molecule has 2 aromatic rings. The number of sulfonamides is 1. The highest BCUT2D eigenvalue weighted by atomic mass is 32.2. The molecule has 8 nitrogen and oxygen atoms in total. The van der Waals surface area contributed by atoms with E-state index < -0.39 is 32.3 Å². The van der Waals surface area contributed by atoms with Crippen molar-refractivity contribution >= 4 is 22.0 Å². The average molecular weight is 315 g/mol. The number of nitrogens with one attached hydrogen (secondary N) is 1. The quantitative estimate of drug-likeness (QED) is 0.872. The van der Waals surface area contributed by atoms with Gasteiger partial charge in [-0.15, -0.1) is 5.10 Å². The Morgan fingerprint density at radius 2 is 2.00 bits per heavy atom. The van der Waals surface area contributed by atoms with Crippen LogP contribution in [0.25, 0.3) is 0 Å².